The molecule has 0 aliphatic carbocycles. The van der Waals surface area contributed by atoms with E-state index < -0.39 is 0 Å². The summed E-state index contributed by atoms with van der Waals surface area (Å²) in [5, 5.41) is 7.80. The summed E-state index contributed by atoms with van der Waals surface area (Å²) in [6, 6.07) is 13.5. The topological polar surface area (TPSA) is 68.0 Å². The molecule has 0 saturated carbocycles. The van der Waals surface area contributed by atoms with E-state index in [4.69, 9.17) is 17.3 Å². The lowest BCUT2D eigenvalue weighted by Gasteiger charge is -2.30. The predicted octanol–water partition coefficient (Wildman–Crippen LogP) is 3.80. The highest BCUT2D eigenvalue weighted by Gasteiger charge is 2.25. The molecule has 3 heterocycles. The van der Waals surface area contributed by atoms with Gasteiger partial charge in [-0.15, -0.1) is 0 Å². The van der Waals surface area contributed by atoms with Crippen LogP contribution in [-0.2, 0) is 18.0 Å². The van der Waals surface area contributed by atoms with Crippen LogP contribution in [-0.4, -0.2) is 43.2 Å². The number of aromatic nitrogens is 4. The zero-order chi connectivity index (χ0) is 20.9. The van der Waals surface area contributed by atoms with Crippen molar-refractivity contribution in [1.82, 2.24) is 24.2 Å². The molecule has 1 N–H and O–H groups in total. The average Bonchev–Trinajstić information content (AvgIpc) is 3.10. The number of likely N-dealkylation sites (tertiary alicyclic amines) is 1. The van der Waals surface area contributed by atoms with Gasteiger partial charge in [-0.25, -0.2) is 4.68 Å². The lowest BCUT2D eigenvalue weighted by molar-refractivity contribution is -0.121. The van der Waals surface area contributed by atoms with Crippen LogP contribution in [0.4, 0.5) is 5.69 Å². The van der Waals surface area contributed by atoms with Gasteiger partial charge in [0.1, 0.15) is 0 Å². The quantitative estimate of drug-likeness (QED) is 0.612. The van der Waals surface area contributed by atoms with Gasteiger partial charge in [-0.1, -0.05) is 18.2 Å². The van der Waals surface area contributed by atoms with E-state index in [-0.39, 0.29) is 11.8 Å². The number of benzene rings is 1. The molecule has 30 heavy (non-hydrogen) atoms. The van der Waals surface area contributed by atoms with Gasteiger partial charge >= 0.3 is 0 Å². The molecular weight excluding hydrogens is 396 g/mol. The molecule has 1 aliphatic heterocycles. The van der Waals surface area contributed by atoms with E-state index in [1.54, 1.807) is 12.4 Å². The number of pyridine rings is 1. The molecule has 8 heteroatoms. The van der Waals surface area contributed by atoms with E-state index in [2.05, 4.69) is 22.1 Å². The minimum atomic E-state index is 0.0370. The molecule has 1 aliphatic rings. The van der Waals surface area contributed by atoms with E-state index in [0.717, 1.165) is 49.6 Å². The van der Waals surface area contributed by atoms with Crippen LogP contribution in [0.5, 0.6) is 0 Å². The first kappa shape index (κ1) is 20.4. The van der Waals surface area contributed by atoms with Gasteiger partial charge in [-0.3, -0.25) is 14.7 Å². The van der Waals surface area contributed by atoms with Crippen molar-refractivity contribution in [1.29, 1.82) is 0 Å². The number of carbonyl (C=O) groups excluding carboxylic acids is 1. The summed E-state index contributed by atoms with van der Waals surface area (Å²) in [5.41, 5.74) is 1.86. The Kier molecular flexibility index (Phi) is 6.35. The maximum Gasteiger partial charge on any atom is 0.227 e. The fraction of sp³-hybridized carbons (Fsp3) is 0.364. The van der Waals surface area contributed by atoms with E-state index in [9.17, 15) is 4.79 Å². The lowest BCUT2D eigenvalue weighted by atomic mass is 9.96. The van der Waals surface area contributed by atoms with Crippen LogP contribution in [0.3, 0.4) is 0 Å². The molecule has 1 fully saturated rings. The van der Waals surface area contributed by atoms with Crippen molar-refractivity contribution < 1.29 is 4.79 Å². The highest BCUT2D eigenvalue weighted by atomic mass is 32.1. The monoisotopic (exact) mass is 422 g/mol. The Labute approximate surface area is 181 Å². The summed E-state index contributed by atoms with van der Waals surface area (Å²) in [6.07, 6.45) is 5.20. The molecule has 0 bridgehead atoms. The largest absolute Gasteiger partial charge is 0.326 e. The minimum absolute atomic E-state index is 0.0370. The Morgan fingerprint density at radius 1 is 1.13 bits per heavy atom. The zero-order valence-corrected chi connectivity index (χ0v) is 17.9. The third kappa shape index (κ3) is 4.49. The van der Waals surface area contributed by atoms with E-state index >= 15 is 0 Å². The maximum absolute atomic E-state index is 12.6. The van der Waals surface area contributed by atoms with Crippen molar-refractivity contribution in [3.63, 3.8) is 0 Å². The number of hydrogen-bond acceptors (Lipinski definition) is 5. The first-order valence-electron chi connectivity index (χ1n) is 10.3. The SMILES string of the molecule is CCn1c(-c2ccncc2)nn(CN2CCC(C(=O)Nc3ccccc3)CC2)c1=S. The molecule has 0 spiro atoms. The normalized spacial score (nSPS) is 15.2. The Morgan fingerprint density at radius 3 is 2.50 bits per heavy atom. The molecule has 7 nitrogen and oxygen atoms in total. The highest BCUT2D eigenvalue weighted by molar-refractivity contribution is 7.71. The number of nitrogens with zero attached hydrogens (tertiary/aromatic N) is 5. The molecule has 156 valence electrons. The summed E-state index contributed by atoms with van der Waals surface area (Å²) in [4.78, 5) is 19.0. The average molecular weight is 423 g/mol. The highest BCUT2D eigenvalue weighted by Crippen LogP contribution is 2.21. The number of anilines is 1. The van der Waals surface area contributed by atoms with Crippen molar-refractivity contribution in [3.05, 3.63) is 59.6 Å². The van der Waals surface area contributed by atoms with Gasteiger partial charge in [-0.2, -0.15) is 5.10 Å². The van der Waals surface area contributed by atoms with Crippen LogP contribution in [0.2, 0.25) is 0 Å². The van der Waals surface area contributed by atoms with Crippen LogP contribution in [0.25, 0.3) is 11.4 Å². The molecule has 1 amide bonds. The van der Waals surface area contributed by atoms with Crippen LogP contribution >= 0.6 is 12.2 Å². The van der Waals surface area contributed by atoms with E-state index in [1.807, 2.05) is 51.7 Å². The number of rotatable bonds is 6. The van der Waals surface area contributed by atoms with Gasteiger partial charge in [0.2, 0.25) is 5.91 Å². The summed E-state index contributed by atoms with van der Waals surface area (Å²) >= 11 is 5.68. The van der Waals surface area contributed by atoms with Gasteiger partial charge in [0.25, 0.3) is 0 Å². The first-order valence-corrected chi connectivity index (χ1v) is 10.7. The Morgan fingerprint density at radius 2 is 1.83 bits per heavy atom. The zero-order valence-electron chi connectivity index (χ0n) is 17.1. The second-order valence-corrected chi connectivity index (χ2v) is 7.84. The van der Waals surface area contributed by atoms with Gasteiger partial charge in [0.15, 0.2) is 10.6 Å². The Hall–Kier alpha value is -2.84. The van der Waals surface area contributed by atoms with E-state index in [0.29, 0.717) is 11.4 Å². The second kappa shape index (κ2) is 9.32. The van der Waals surface area contributed by atoms with E-state index in [1.165, 1.54) is 0 Å². The predicted molar refractivity (Wildman–Crippen MR) is 119 cm³/mol. The molecule has 0 atom stereocenters. The summed E-state index contributed by atoms with van der Waals surface area (Å²) in [5.74, 6) is 1.00. The molecule has 0 radical (unpaired) electrons. The molecule has 1 saturated heterocycles. The van der Waals surface area contributed by atoms with Gasteiger partial charge in [-0.05, 0) is 56.2 Å². The molecule has 1 aromatic carbocycles. The van der Waals surface area contributed by atoms with Crippen LogP contribution in [0.1, 0.15) is 19.8 Å². The number of nitrogens with one attached hydrogen (secondary N) is 1. The van der Waals surface area contributed by atoms with Gasteiger partial charge < -0.3 is 9.88 Å². The molecule has 4 rings (SSSR count). The fourth-order valence-electron chi connectivity index (χ4n) is 3.82. The smallest absolute Gasteiger partial charge is 0.227 e. The molecular formula is C22H26N6OS. The summed E-state index contributed by atoms with van der Waals surface area (Å²) < 4.78 is 4.65. The van der Waals surface area contributed by atoms with Gasteiger partial charge in [0.05, 0.1) is 6.67 Å². The Balaban J connectivity index is 1.39. The summed E-state index contributed by atoms with van der Waals surface area (Å²) in [7, 11) is 0. The van der Waals surface area contributed by atoms with Crippen molar-refractivity contribution in [2.24, 2.45) is 5.92 Å². The number of carbonyl (C=O) groups is 1. The van der Waals surface area contributed by atoms with Crippen LogP contribution in [0, 0.1) is 10.7 Å². The number of piperidine rings is 1. The van der Waals surface area contributed by atoms with Crippen molar-refractivity contribution in [2.75, 3.05) is 18.4 Å². The number of hydrogen-bond donors (Lipinski definition) is 1. The van der Waals surface area contributed by atoms with Crippen molar-refractivity contribution in [2.45, 2.75) is 33.0 Å². The summed E-state index contributed by atoms with van der Waals surface area (Å²) in [6.45, 7) is 5.16. The number of para-hydroxylation sites is 1. The molecule has 0 unspecified atom stereocenters. The third-order valence-corrected chi connectivity index (χ3v) is 5.94. The molecule has 3 aromatic rings. The van der Waals surface area contributed by atoms with Crippen molar-refractivity contribution >= 4 is 23.8 Å². The maximum atomic E-state index is 12.6. The van der Waals surface area contributed by atoms with Crippen LogP contribution in [0.15, 0.2) is 54.9 Å². The lowest BCUT2D eigenvalue weighted by Crippen LogP contribution is -2.39. The first-order chi connectivity index (χ1) is 14.7. The number of amides is 1. The minimum Gasteiger partial charge on any atom is -0.326 e. The fourth-order valence-corrected chi connectivity index (χ4v) is 4.14. The standard InChI is InChI=1S/C22H26N6OS/c1-2-27-20(17-8-12-23-13-9-17)25-28(22(27)30)16-26-14-10-18(11-15-26)21(29)24-19-6-4-3-5-7-19/h3-9,12-13,18H,2,10-11,14-16H2,1H3,(H,24,29). The molecule has 2 aromatic heterocycles. The van der Waals surface area contributed by atoms with Crippen molar-refractivity contribution in [3.8, 4) is 11.4 Å². The van der Waals surface area contributed by atoms with Gasteiger partial charge in [0, 0.05) is 49.2 Å². The third-order valence-electron chi connectivity index (χ3n) is 5.51. The Bertz CT molecular complexity index is 1040. The van der Waals surface area contributed by atoms with Crippen LogP contribution < -0.4 is 5.32 Å². The second-order valence-electron chi connectivity index (χ2n) is 7.47.